The maximum atomic E-state index is 12.8. The van der Waals surface area contributed by atoms with Crippen LogP contribution in [0.5, 0.6) is 0 Å². The van der Waals surface area contributed by atoms with Crippen LogP contribution in [0.15, 0.2) is 0 Å². The number of rotatable bonds is 6. The molecule has 1 saturated heterocycles. The maximum absolute atomic E-state index is 12.8. The van der Waals surface area contributed by atoms with Crippen LogP contribution < -0.4 is 10.6 Å². The lowest BCUT2D eigenvalue weighted by atomic mass is 9.69. The first-order valence-corrected chi connectivity index (χ1v) is 11.2. The molecule has 3 fully saturated rings. The zero-order valence-electron chi connectivity index (χ0n) is 17.8. The van der Waals surface area contributed by atoms with Crippen LogP contribution in [0, 0.1) is 11.3 Å². The molecule has 1 heterocycles. The van der Waals surface area contributed by atoms with E-state index in [9.17, 15) is 14.4 Å². The van der Waals surface area contributed by atoms with Crippen LogP contribution in [-0.4, -0.2) is 40.9 Å². The molecular formula is C22H37N3O3. The van der Waals surface area contributed by atoms with Gasteiger partial charge in [0.2, 0.25) is 5.91 Å². The fourth-order valence-corrected chi connectivity index (χ4v) is 5.19. The molecule has 28 heavy (non-hydrogen) atoms. The fraction of sp³-hybridized carbons (Fsp3) is 0.864. The van der Waals surface area contributed by atoms with E-state index in [1.54, 1.807) is 0 Å². The Morgan fingerprint density at radius 2 is 1.79 bits per heavy atom. The number of nitrogens with zero attached hydrogens (tertiary/aromatic N) is 1. The second-order valence-electron chi connectivity index (χ2n) is 9.74. The first-order valence-electron chi connectivity index (χ1n) is 11.2. The Kier molecular flexibility index (Phi) is 6.35. The van der Waals surface area contributed by atoms with Gasteiger partial charge in [0, 0.05) is 19.0 Å². The van der Waals surface area contributed by atoms with Crippen LogP contribution in [0.2, 0.25) is 0 Å². The summed E-state index contributed by atoms with van der Waals surface area (Å²) in [4.78, 5) is 38.7. The van der Waals surface area contributed by atoms with Crippen molar-refractivity contribution in [2.24, 2.45) is 11.3 Å². The Balaban J connectivity index is 1.44. The molecule has 6 heteroatoms. The summed E-state index contributed by atoms with van der Waals surface area (Å²) in [6, 6.07) is -0.105. The normalized spacial score (nSPS) is 27.8. The van der Waals surface area contributed by atoms with Gasteiger partial charge >= 0.3 is 6.03 Å². The van der Waals surface area contributed by atoms with Gasteiger partial charge < -0.3 is 10.6 Å². The number of hydrogen-bond acceptors (Lipinski definition) is 3. The summed E-state index contributed by atoms with van der Waals surface area (Å²) < 4.78 is 0. The summed E-state index contributed by atoms with van der Waals surface area (Å²) in [5, 5.41) is 6.03. The van der Waals surface area contributed by atoms with Gasteiger partial charge in [-0.15, -0.1) is 0 Å². The Bertz CT molecular complexity index is 602. The van der Waals surface area contributed by atoms with E-state index in [1.807, 2.05) is 0 Å². The second-order valence-corrected chi connectivity index (χ2v) is 9.74. The monoisotopic (exact) mass is 391 g/mol. The molecule has 1 aliphatic heterocycles. The SMILES string of the molecule is CCC(C)(C)C1CCC(NC(=O)CCN2C(=O)NC3(CCCCC3)C2=O)CC1. The third-order valence-electron chi connectivity index (χ3n) is 7.62. The Morgan fingerprint density at radius 3 is 2.39 bits per heavy atom. The van der Waals surface area contributed by atoms with Gasteiger partial charge in [-0.1, -0.05) is 46.5 Å². The molecule has 3 rings (SSSR count). The van der Waals surface area contributed by atoms with Gasteiger partial charge in [0.1, 0.15) is 5.54 Å². The number of carbonyl (C=O) groups is 3. The number of imide groups is 1. The van der Waals surface area contributed by atoms with Gasteiger partial charge in [-0.3, -0.25) is 14.5 Å². The van der Waals surface area contributed by atoms with E-state index in [0.29, 0.717) is 5.41 Å². The summed E-state index contributed by atoms with van der Waals surface area (Å²) in [5.41, 5.74) is -0.330. The van der Waals surface area contributed by atoms with Crippen LogP contribution in [-0.2, 0) is 9.59 Å². The minimum Gasteiger partial charge on any atom is -0.353 e. The van der Waals surface area contributed by atoms with Gasteiger partial charge in [0.25, 0.3) is 5.91 Å². The van der Waals surface area contributed by atoms with Crippen molar-refractivity contribution in [2.45, 2.75) is 103 Å². The Hall–Kier alpha value is -1.59. The molecule has 0 aromatic heterocycles. The number of urea groups is 1. The molecule has 2 aliphatic carbocycles. The Labute approximate surface area is 169 Å². The molecule has 0 bridgehead atoms. The predicted molar refractivity (Wildman–Crippen MR) is 109 cm³/mol. The zero-order chi connectivity index (χ0) is 20.4. The molecule has 4 amide bonds. The number of amides is 4. The van der Waals surface area contributed by atoms with Gasteiger partial charge in [0.15, 0.2) is 0 Å². The molecule has 0 aromatic carbocycles. The van der Waals surface area contributed by atoms with E-state index < -0.39 is 5.54 Å². The molecule has 1 spiro atoms. The van der Waals surface area contributed by atoms with Gasteiger partial charge in [0.05, 0.1) is 0 Å². The first kappa shape index (κ1) is 21.1. The fourth-order valence-electron chi connectivity index (χ4n) is 5.19. The summed E-state index contributed by atoms with van der Waals surface area (Å²) in [7, 11) is 0. The highest BCUT2D eigenvalue weighted by Crippen LogP contribution is 2.40. The topological polar surface area (TPSA) is 78.5 Å². The minimum atomic E-state index is -0.698. The second kappa shape index (κ2) is 8.42. The number of nitrogens with one attached hydrogen (secondary N) is 2. The van der Waals surface area contributed by atoms with Crippen molar-refractivity contribution in [3.63, 3.8) is 0 Å². The van der Waals surface area contributed by atoms with E-state index in [1.165, 1.54) is 11.3 Å². The molecule has 0 unspecified atom stereocenters. The van der Waals surface area contributed by atoms with E-state index in [0.717, 1.165) is 63.7 Å². The maximum Gasteiger partial charge on any atom is 0.325 e. The van der Waals surface area contributed by atoms with Crippen LogP contribution in [0.1, 0.15) is 91.4 Å². The highest BCUT2D eigenvalue weighted by atomic mass is 16.2. The van der Waals surface area contributed by atoms with Crippen molar-refractivity contribution in [1.82, 2.24) is 15.5 Å². The lowest BCUT2D eigenvalue weighted by Crippen LogP contribution is -2.48. The summed E-state index contributed by atoms with van der Waals surface area (Å²) in [5.74, 6) is 0.541. The van der Waals surface area contributed by atoms with Crippen molar-refractivity contribution in [3.05, 3.63) is 0 Å². The van der Waals surface area contributed by atoms with E-state index in [2.05, 4.69) is 31.4 Å². The number of carbonyl (C=O) groups excluding carboxylic acids is 3. The standard InChI is InChI=1S/C22H37N3O3/c1-4-21(2,3)16-8-10-17(11-9-16)23-18(26)12-15-25-19(27)22(24-20(25)28)13-6-5-7-14-22/h16-17H,4-15H2,1-3H3,(H,23,26)(H,24,28). The van der Waals surface area contributed by atoms with Crippen molar-refractivity contribution in [1.29, 1.82) is 0 Å². The van der Waals surface area contributed by atoms with Crippen LogP contribution in [0.4, 0.5) is 4.79 Å². The molecule has 0 atom stereocenters. The van der Waals surface area contributed by atoms with Gasteiger partial charge in [-0.2, -0.15) is 0 Å². The molecule has 158 valence electrons. The van der Waals surface area contributed by atoms with Crippen LogP contribution in [0.3, 0.4) is 0 Å². The Morgan fingerprint density at radius 1 is 1.14 bits per heavy atom. The van der Waals surface area contributed by atoms with Crippen molar-refractivity contribution < 1.29 is 14.4 Å². The third kappa shape index (κ3) is 4.36. The molecule has 0 aromatic rings. The van der Waals surface area contributed by atoms with E-state index in [4.69, 9.17) is 0 Å². The highest BCUT2D eigenvalue weighted by Gasteiger charge is 2.51. The predicted octanol–water partition coefficient (Wildman–Crippen LogP) is 3.74. The van der Waals surface area contributed by atoms with Crippen molar-refractivity contribution in [3.8, 4) is 0 Å². The van der Waals surface area contributed by atoms with Gasteiger partial charge in [-0.25, -0.2) is 4.79 Å². The van der Waals surface area contributed by atoms with E-state index in [-0.39, 0.29) is 36.9 Å². The smallest absolute Gasteiger partial charge is 0.325 e. The first-order chi connectivity index (χ1) is 13.3. The zero-order valence-corrected chi connectivity index (χ0v) is 17.8. The lowest BCUT2D eigenvalue weighted by molar-refractivity contribution is -0.132. The van der Waals surface area contributed by atoms with Crippen molar-refractivity contribution in [2.75, 3.05) is 6.54 Å². The summed E-state index contributed by atoms with van der Waals surface area (Å²) in [6.45, 7) is 7.11. The molecule has 0 radical (unpaired) electrons. The molecule has 2 N–H and O–H groups in total. The van der Waals surface area contributed by atoms with E-state index >= 15 is 0 Å². The number of hydrogen-bond donors (Lipinski definition) is 2. The third-order valence-corrected chi connectivity index (χ3v) is 7.62. The molecular weight excluding hydrogens is 354 g/mol. The average Bonchev–Trinajstić information content (AvgIpc) is 2.90. The largest absolute Gasteiger partial charge is 0.353 e. The summed E-state index contributed by atoms with van der Waals surface area (Å²) >= 11 is 0. The quantitative estimate of drug-likeness (QED) is 0.677. The molecule has 3 aliphatic rings. The highest BCUT2D eigenvalue weighted by molar-refractivity contribution is 6.07. The summed E-state index contributed by atoms with van der Waals surface area (Å²) in [6.07, 6.45) is 10.2. The lowest BCUT2D eigenvalue weighted by Gasteiger charge is -2.39. The van der Waals surface area contributed by atoms with Crippen LogP contribution in [0.25, 0.3) is 0 Å². The van der Waals surface area contributed by atoms with Crippen molar-refractivity contribution >= 4 is 17.8 Å². The minimum absolute atomic E-state index is 0.0524. The van der Waals surface area contributed by atoms with Gasteiger partial charge in [-0.05, 0) is 49.9 Å². The molecule has 2 saturated carbocycles. The van der Waals surface area contributed by atoms with Crippen LogP contribution >= 0.6 is 0 Å². The molecule has 6 nitrogen and oxygen atoms in total. The average molecular weight is 392 g/mol.